The number of H-pyrrole nitrogens is 1. The summed E-state index contributed by atoms with van der Waals surface area (Å²) >= 11 is 0. The molecule has 14 nitrogen and oxygen atoms in total. The number of halogens is 3. The van der Waals surface area contributed by atoms with Crippen molar-refractivity contribution < 1.29 is 41.8 Å². The highest BCUT2D eigenvalue weighted by Crippen LogP contribution is 2.39. The molecule has 5 amide bonds. The first kappa shape index (κ1) is 38.9. The van der Waals surface area contributed by atoms with Crippen LogP contribution in [0.5, 0.6) is 5.75 Å². The highest BCUT2D eigenvalue weighted by molar-refractivity contribution is 5.90. The van der Waals surface area contributed by atoms with E-state index in [1.54, 1.807) is 46.3 Å². The Morgan fingerprint density at radius 1 is 0.875 bits per heavy atom. The first-order valence-electron chi connectivity index (χ1n) is 19.1. The van der Waals surface area contributed by atoms with Gasteiger partial charge in [-0.1, -0.05) is 24.3 Å². The fourth-order valence-electron chi connectivity index (χ4n) is 8.05. The van der Waals surface area contributed by atoms with Crippen molar-refractivity contribution in [2.45, 2.75) is 69.9 Å². The number of piperidine rings is 1. The summed E-state index contributed by atoms with van der Waals surface area (Å²) in [6.45, 7) is 5.57. The number of ether oxygens (including phenoxy) is 2. The van der Waals surface area contributed by atoms with Gasteiger partial charge in [0.15, 0.2) is 0 Å². The fraction of sp³-hybridized carbons (Fsp3) is 0.513. The zero-order valence-electron chi connectivity index (χ0n) is 31.4. The van der Waals surface area contributed by atoms with Crippen LogP contribution in [-0.4, -0.2) is 125 Å². The van der Waals surface area contributed by atoms with E-state index in [0.717, 1.165) is 50.8 Å². The van der Waals surface area contributed by atoms with Crippen LogP contribution in [0.4, 0.5) is 28.4 Å². The van der Waals surface area contributed by atoms with Crippen molar-refractivity contribution in [3.05, 3.63) is 54.5 Å². The minimum absolute atomic E-state index is 0.0618. The zero-order valence-corrected chi connectivity index (χ0v) is 31.4. The molecule has 4 heterocycles. The molecule has 3 aromatic rings. The third kappa shape index (κ3) is 9.03. The molecule has 3 N–H and O–H groups in total. The maximum absolute atomic E-state index is 13.6. The van der Waals surface area contributed by atoms with Crippen molar-refractivity contribution in [2.24, 2.45) is 5.92 Å². The minimum Gasteiger partial charge on any atom is -0.453 e. The van der Waals surface area contributed by atoms with Crippen molar-refractivity contribution in [1.29, 1.82) is 0 Å². The van der Waals surface area contributed by atoms with Gasteiger partial charge in [-0.2, -0.15) is 0 Å². The van der Waals surface area contributed by atoms with Gasteiger partial charge in [-0.25, -0.2) is 14.6 Å². The number of nitrogens with zero attached hydrogens (tertiary/aromatic N) is 5. The van der Waals surface area contributed by atoms with E-state index in [-0.39, 0.29) is 47.6 Å². The third-order valence-corrected chi connectivity index (χ3v) is 11.2. The Hall–Kier alpha value is -5.32. The summed E-state index contributed by atoms with van der Waals surface area (Å²) in [6.07, 6.45) is 1.23. The van der Waals surface area contributed by atoms with E-state index in [9.17, 15) is 32.3 Å². The van der Waals surface area contributed by atoms with E-state index in [1.165, 1.54) is 19.2 Å². The van der Waals surface area contributed by atoms with E-state index >= 15 is 0 Å². The van der Waals surface area contributed by atoms with Gasteiger partial charge >= 0.3 is 18.5 Å². The van der Waals surface area contributed by atoms with E-state index < -0.39 is 24.2 Å². The second-order valence-corrected chi connectivity index (χ2v) is 14.9. The summed E-state index contributed by atoms with van der Waals surface area (Å²) in [4.78, 5) is 65.6. The lowest BCUT2D eigenvalue weighted by Gasteiger charge is -2.42. The van der Waals surface area contributed by atoms with Gasteiger partial charge in [-0.3, -0.25) is 14.5 Å². The van der Waals surface area contributed by atoms with Crippen molar-refractivity contribution in [1.82, 2.24) is 34.9 Å². The van der Waals surface area contributed by atoms with Crippen molar-refractivity contribution in [3.8, 4) is 28.1 Å². The van der Waals surface area contributed by atoms with Crippen LogP contribution in [0.15, 0.2) is 48.7 Å². The Morgan fingerprint density at radius 3 is 2.23 bits per heavy atom. The second kappa shape index (κ2) is 16.4. The van der Waals surface area contributed by atoms with Crippen LogP contribution >= 0.6 is 0 Å². The van der Waals surface area contributed by atoms with Crippen LogP contribution in [0, 0.1) is 5.92 Å². The number of urea groups is 1. The number of amides is 5. The lowest BCUT2D eigenvalue weighted by molar-refractivity contribution is -0.274. The van der Waals surface area contributed by atoms with Gasteiger partial charge in [-0.15, -0.1) is 13.2 Å². The number of aromatic amines is 1. The van der Waals surface area contributed by atoms with E-state index in [0.29, 0.717) is 55.7 Å². The second-order valence-electron chi connectivity index (χ2n) is 14.9. The van der Waals surface area contributed by atoms with Crippen molar-refractivity contribution in [2.75, 3.05) is 58.2 Å². The number of piperazine rings is 1. The average molecular weight is 781 g/mol. The predicted octanol–water partition coefficient (Wildman–Crippen LogP) is 5.60. The Morgan fingerprint density at radius 2 is 1.57 bits per heavy atom. The lowest BCUT2D eigenvalue weighted by Crippen LogP contribution is -2.55. The predicted molar refractivity (Wildman–Crippen MR) is 199 cm³/mol. The number of alkyl halides is 3. The lowest BCUT2D eigenvalue weighted by atomic mass is 10.0. The van der Waals surface area contributed by atoms with Crippen LogP contribution in [0.1, 0.15) is 57.3 Å². The molecule has 0 spiro atoms. The summed E-state index contributed by atoms with van der Waals surface area (Å²) in [6, 6.07) is 10.6. The molecular formula is C39H47F3N8O6. The average Bonchev–Trinajstić information content (AvgIpc) is 3.80. The molecule has 4 fully saturated rings. The molecule has 7 rings (SSSR count). The molecule has 3 aliphatic heterocycles. The number of carbonyl (C=O) groups is 4. The van der Waals surface area contributed by atoms with Crippen LogP contribution < -0.4 is 15.4 Å². The van der Waals surface area contributed by atoms with E-state index in [2.05, 4.69) is 35.0 Å². The first-order valence-corrected chi connectivity index (χ1v) is 19.1. The normalized spacial score (nSPS) is 20.8. The van der Waals surface area contributed by atoms with E-state index in [4.69, 9.17) is 0 Å². The number of carbonyl (C=O) groups excluding carboxylic acids is 4. The number of nitrogens with one attached hydrogen (secondary N) is 3. The first-order chi connectivity index (χ1) is 26.9. The standard InChI is InChI=1S/C39H47F3N8O6/c1-24-3-12-32(50(24)34(51)23-44-38(54)55-2)35-43-22-31(46-35)26-6-4-25(5-7-26)30-11-10-28(21-33(30)56-39(40,41)42)45-37(53)49-19-17-47(18-20-49)29-13-15-48(16-14-29)36(52)27-8-9-27/h4-7,10-11,21-22,24,27,29,32H,3,8-9,12-20,23H2,1-2H3,(H,43,46)(H,44,54)(H,45,53). The number of likely N-dealkylation sites (tertiary alicyclic amines) is 2. The summed E-state index contributed by atoms with van der Waals surface area (Å²) in [7, 11) is 1.22. The third-order valence-electron chi connectivity index (χ3n) is 11.2. The number of rotatable bonds is 9. The molecule has 0 bridgehead atoms. The molecule has 2 atom stereocenters. The van der Waals surface area contributed by atoms with Gasteiger partial charge in [0.2, 0.25) is 11.8 Å². The molecule has 17 heteroatoms. The molecule has 3 saturated heterocycles. The number of hydrogen-bond donors (Lipinski definition) is 3. The molecule has 1 saturated carbocycles. The smallest absolute Gasteiger partial charge is 0.453 e. The maximum atomic E-state index is 13.6. The minimum atomic E-state index is -4.97. The van der Waals surface area contributed by atoms with E-state index in [1.807, 2.05) is 11.8 Å². The number of aromatic nitrogens is 2. The van der Waals surface area contributed by atoms with Crippen molar-refractivity contribution >= 4 is 29.6 Å². The molecule has 1 aromatic heterocycles. The van der Waals surface area contributed by atoms with Crippen LogP contribution in [0.3, 0.4) is 0 Å². The number of anilines is 1. The Labute approximate surface area is 322 Å². The van der Waals surface area contributed by atoms with Crippen LogP contribution in [0.25, 0.3) is 22.4 Å². The molecule has 1 aliphatic carbocycles. The highest BCUT2D eigenvalue weighted by Gasteiger charge is 2.38. The molecule has 300 valence electrons. The van der Waals surface area contributed by atoms with Gasteiger partial charge in [0.1, 0.15) is 18.1 Å². The van der Waals surface area contributed by atoms with Gasteiger partial charge < -0.3 is 39.8 Å². The Kier molecular flexibility index (Phi) is 11.4. The van der Waals surface area contributed by atoms with Gasteiger partial charge in [0.25, 0.3) is 0 Å². The van der Waals surface area contributed by atoms with Gasteiger partial charge in [-0.05, 0) is 68.7 Å². The summed E-state index contributed by atoms with van der Waals surface area (Å²) in [5, 5.41) is 5.17. The molecule has 0 radical (unpaired) electrons. The molecule has 56 heavy (non-hydrogen) atoms. The fourth-order valence-corrected chi connectivity index (χ4v) is 8.05. The highest BCUT2D eigenvalue weighted by atomic mass is 19.4. The molecule has 4 aliphatic rings. The summed E-state index contributed by atoms with van der Waals surface area (Å²) in [5.41, 5.74) is 2.20. The number of imidazole rings is 1. The summed E-state index contributed by atoms with van der Waals surface area (Å²) < 4.78 is 49.9. The Balaban J connectivity index is 0.972. The van der Waals surface area contributed by atoms with Gasteiger partial charge in [0.05, 0.1) is 25.0 Å². The molecular weight excluding hydrogens is 733 g/mol. The maximum Gasteiger partial charge on any atom is 0.573 e. The largest absolute Gasteiger partial charge is 0.573 e. The van der Waals surface area contributed by atoms with Gasteiger partial charge in [0, 0.05) is 74.6 Å². The topological polar surface area (TPSA) is 152 Å². The van der Waals surface area contributed by atoms with Crippen LogP contribution in [0.2, 0.25) is 0 Å². The number of hydrogen-bond acceptors (Lipinski definition) is 8. The quantitative estimate of drug-likeness (QED) is 0.254. The van der Waals surface area contributed by atoms with Crippen LogP contribution in [-0.2, 0) is 14.3 Å². The molecule has 2 unspecified atom stereocenters. The SMILES string of the molecule is COC(=O)NCC(=O)N1C(C)CCC1c1ncc(-c2ccc(-c3ccc(NC(=O)N4CCN(C5CCN(C(=O)C6CC6)CC5)CC4)cc3OC(F)(F)F)cc2)[nH]1. The summed E-state index contributed by atoms with van der Waals surface area (Å²) in [5.74, 6) is 0.373. The number of methoxy groups -OCH3 is 1. The number of alkyl carbamates (subject to hydrolysis) is 1. The Bertz CT molecular complexity index is 1900. The van der Waals surface area contributed by atoms with Crippen molar-refractivity contribution in [3.63, 3.8) is 0 Å². The monoisotopic (exact) mass is 780 g/mol. The number of benzene rings is 2. The zero-order chi connectivity index (χ0) is 39.6. The molecule has 2 aromatic carbocycles.